The lowest BCUT2D eigenvalue weighted by atomic mass is 10.2. The van der Waals surface area contributed by atoms with Gasteiger partial charge in [0.05, 0.1) is 19.1 Å². The summed E-state index contributed by atoms with van der Waals surface area (Å²) in [7, 11) is -3.44. The van der Waals surface area contributed by atoms with Crippen molar-refractivity contribution >= 4 is 16.2 Å². The molecule has 104 valence electrons. The number of morpholine rings is 1. The smallest absolute Gasteiger partial charge is 0.306 e. The lowest BCUT2D eigenvalue weighted by Crippen LogP contribution is -2.51. The maximum Gasteiger partial charge on any atom is 0.306 e. The van der Waals surface area contributed by atoms with Crippen LogP contribution in [0.5, 0.6) is 0 Å². The topological polar surface area (TPSA) is 87.2 Å². The van der Waals surface area contributed by atoms with Crippen LogP contribution in [-0.2, 0) is 19.7 Å². The summed E-state index contributed by atoms with van der Waals surface area (Å²) in [5.41, 5.74) is 0. The van der Waals surface area contributed by atoms with Crippen molar-refractivity contribution in [2.24, 2.45) is 0 Å². The van der Waals surface area contributed by atoms with Crippen LogP contribution in [0.2, 0.25) is 0 Å². The van der Waals surface area contributed by atoms with Crippen molar-refractivity contribution in [3.8, 4) is 0 Å². The molecule has 0 spiro atoms. The first-order valence-corrected chi connectivity index (χ1v) is 7.48. The first-order valence-electron chi connectivity index (χ1n) is 6.09. The van der Waals surface area contributed by atoms with Crippen LogP contribution in [0.25, 0.3) is 0 Å². The fourth-order valence-electron chi connectivity index (χ4n) is 2.30. The van der Waals surface area contributed by atoms with Gasteiger partial charge in [-0.15, -0.1) is 0 Å². The molecule has 2 aliphatic heterocycles. The molecular weight excluding hydrogens is 260 g/mol. The van der Waals surface area contributed by atoms with Gasteiger partial charge in [0.25, 0.3) is 10.2 Å². The Labute approximate surface area is 106 Å². The summed E-state index contributed by atoms with van der Waals surface area (Å²) in [4.78, 5) is 10.6. The van der Waals surface area contributed by atoms with E-state index in [1.807, 2.05) is 0 Å². The number of hydrogen-bond acceptors (Lipinski definition) is 4. The zero-order chi connectivity index (χ0) is 13.2. The second-order valence-corrected chi connectivity index (χ2v) is 6.49. The van der Waals surface area contributed by atoms with Gasteiger partial charge in [0.15, 0.2) is 0 Å². The lowest BCUT2D eigenvalue weighted by molar-refractivity contribution is -0.141. The zero-order valence-corrected chi connectivity index (χ0v) is 10.9. The number of carboxylic acids is 1. The van der Waals surface area contributed by atoms with Crippen molar-refractivity contribution in [1.82, 2.24) is 8.61 Å². The van der Waals surface area contributed by atoms with Crippen LogP contribution >= 0.6 is 0 Å². The number of carbonyl (C=O) groups is 1. The molecule has 0 aromatic heterocycles. The third kappa shape index (κ3) is 3.00. The van der Waals surface area contributed by atoms with Crippen molar-refractivity contribution < 1.29 is 23.1 Å². The van der Waals surface area contributed by atoms with E-state index in [0.717, 1.165) is 12.8 Å². The van der Waals surface area contributed by atoms with Crippen LogP contribution in [0, 0.1) is 0 Å². The minimum absolute atomic E-state index is 0.130. The maximum atomic E-state index is 12.3. The summed E-state index contributed by atoms with van der Waals surface area (Å²) in [6.45, 7) is 1.80. The summed E-state index contributed by atoms with van der Waals surface area (Å²) in [6.07, 6.45) is 1.07. The SMILES string of the molecule is O=C(O)CC1CN(S(=O)(=O)N2CCCC2)CCO1. The molecule has 0 aromatic carbocycles. The summed E-state index contributed by atoms with van der Waals surface area (Å²) >= 11 is 0. The standard InChI is InChI=1S/C10H18N2O5S/c13-10(14)7-9-8-12(5-6-17-9)18(15,16)11-3-1-2-4-11/h9H,1-8H2,(H,13,14). The number of carboxylic acid groups (broad SMARTS) is 1. The summed E-state index contributed by atoms with van der Waals surface area (Å²) in [6, 6.07) is 0. The lowest BCUT2D eigenvalue weighted by Gasteiger charge is -2.33. The van der Waals surface area contributed by atoms with E-state index in [1.54, 1.807) is 0 Å². The van der Waals surface area contributed by atoms with Gasteiger partial charge in [-0.25, -0.2) is 0 Å². The molecule has 0 amide bonds. The van der Waals surface area contributed by atoms with Crippen molar-refractivity contribution in [2.75, 3.05) is 32.8 Å². The van der Waals surface area contributed by atoms with Gasteiger partial charge in [-0.1, -0.05) is 0 Å². The Balaban J connectivity index is 2.01. The Morgan fingerprint density at radius 1 is 1.22 bits per heavy atom. The van der Waals surface area contributed by atoms with E-state index in [4.69, 9.17) is 9.84 Å². The first-order chi connectivity index (χ1) is 8.50. The number of ether oxygens (including phenoxy) is 1. The van der Waals surface area contributed by atoms with E-state index in [-0.39, 0.29) is 19.6 Å². The van der Waals surface area contributed by atoms with Gasteiger partial charge in [0.2, 0.25) is 0 Å². The van der Waals surface area contributed by atoms with Crippen LogP contribution in [0.4, 0.5) is 0 Å². The van der Waals surface area contributed by atoms with Gasteiger partial charge >= 0.3 is 5.97 Å². The molecule has 0 bridgehead atoms. The molecule has 1 unspecified atom stereocenters. The van der Waals surface area contributed by atoms with E-state index in [9.17, 15) is 13.2 Å². The van der Waals surface area contributed by atoms with Gasteiger partial charge in [0, 0.05) is 26.2 Å². The molecule has 0 saturated carbocycles. The van der Waals surface area contributed by atoms with Gasteiger partial charge in [-0.3, -0.25) is 4.79 Å². The van der Waals surface area contributed by atoms with Crippen LogP contribution in [-0.4, -0.2) is 67.0 Å². The molecule has 2 fully saturated rings. The molecule has 18 heavy (non-hydrogen) atoms. The highest BCUT2D eigenvalue weighted by Crippen LogP contribution is 2.19. The molecule has 2 heterocycles. The number of aliphatic carboxylic acids is 1. The average Bonchev–Trinajstić information content (AvgIpc) is 2.82. The Hall–Kier alpha value is -0.700. The van der Waals surface area contributed by atoms with E-state index in [2.05, 4.69) is 0 Å². The fraction of sp³-hybridized carbons (Fsp3) is 0.900. The minimum Gasteiger partial charge on any atom is -0.481 e. The summed E-state index contributed by atoms with van der Waals surface area (Å²) < 4.78 is 32.6. The fourth-order valence-corrected chi connectivity index (χ4v) is 4.01. The van der Waals surface area contributed by atoms with Crippen molar-refractivity contribution in [1.29, 1.82) is 0 Å². The van der Waals surface area contributed by atoms with Gasteiger partial charge in [-0.2, -0.15) is 17.0 Å². The molecule has 2 saturated heterocycles. The van der Waals surface area contributed by atoms with Crippen molar-refractivity contribution in [3.63, 3.8) is 0 Å². The van der Waals surface area contributed by atoms with Crippen LogP contribution < -0.4 is 0 Å². The molecule has 7 nitrogen and oxygen atoms in total. The quantitative estimate of drug-likeness (QED) is 0.749. The number of nitrogens with zero attached hydrogens (tertiary/aromatic N) is 2. The van der Waals surface area contributed by atoms with Gasteiger partial charge < -0.3 is 9.84 Å². The second kappa shape index (κ2) is 5.52. The van der Waals surface area contributed by atoms with Crippen LogP contribution in [0.15, 0.2) is 0 Å². The van der Waals surface area contributed by atoms with Gasteiger partial charge in [0.1, 0.15) is 0 Å². The Kier molecular flexibility index (Phi) is 4.21. The third-order valence-electron chi connectivity index (χ3n) is 3.22. The average molecular weight is 278 g/mol. The molecule has 0 radical (unpaired) electrons. The zero-order valence-electron chi connectivity index (χ0n) is 10.1. The molecule has 0 aliphatic carbocycles. The summed E-state index contributed by atoms with van der Waals surface area (Å²) in [5.74, 6) is -0.972. The highest BCUT2D eigenvalue weighted by molar-refractivity contribution is 7.86. The highest BCUT2D eigenvalue weighted by Gasteiger charge is 2.35. The van der Waals surface area contributed by atoms with E-state index < -0.39 is 22.3 Å². The molecule has 2 aliphatic rings. The second-order valence-electron chi connectivity index (χ2n) is 4.56. The monoisotopic (exact) mass is 278 g/mol. The maximum absolute atomic E-state index is 12.3. The highest BCUT2D eigenvalue weighted by atomic mass is 32.2. The predicted octanol–water partition coefficient (Wildman–Crippen LogP) is -0.497. The Bertz CT molecular complexity index is 404. The molecule has 2 rings (SSSR count). The first kappa shape index (κ1) is 13.7. The third-order valence-corrected chi connectivity index (χ3v) is 5.22. The van der Waals surface area contributed by atoms with E-state index in [0.29, 0.717) is 19.6 Å². The number of hydrogen-bond donors (Lipinski definition) is 1. The predicted molar refractivity (Wildman–Crippen MR) is 63.3 cm³/mol. The molecule has 0 aromatic rings. The Morgan fingerprint density at radius 3 is 2.50 bits per heavy atom. The van der Waals surface area contributed by atoms with E-state index in [1.165, 1.54) is 8.61 Å². The van der Waals surface area contributed by atoms with Crippen molar-refractivity contribution in [3.05, 3.63) is 0 Å². The normalized spacial score (nSPS) is 27.4. The molecule has 1 N–H and O–H groups in total. The van der Waals surface area contributed by atoms with Crippen LogP contribution in [0.1, 0.15) is 19.3 Å². The van der Waals surface area contributed by atoms with Crippen LogP contribution in [0.3, 0.4) is 0 Å². The minimum atomic E-state index is -3.44. The molecular formula is C10H18N2O5S. The molecule has 1 atom stereocenters. The largest absolute Gasteiger partial charge is 0.481 e. The van der Waals surface area contributed by atoms with Gasteiger partial charge in [-0.05, 0) is 12.8 Å². The van der Waals surface area contributed by atoms with E-state index >= 15 is 0 Å². The van der Waals surface area contributed by atoms with Crippen molar-refractivity contribution in [2.45, 2.75) is 25.4 Å². The summed E-state index contributed by atoms with van der Waals surface area (Å²) in [5, 5.41) is 8.71. The Morgan fingerprint density at radius 2 is 1.89 bits per heavy atom. The number of rotatable bonds is 4. The molecule has 8 heteroatoms.